The minimum absolute atomic E-state index is 0.268. The van der Waals surface area contributed by atoms with Crippen molar-refractivity contribution >= 4 is 23.1 Å². The molecule has 118 valence electrons. The van der Waals surface area contributed by atoms with Crippen LogP contribution >= 0.6 is 11.3 Å². The van der Waals surface area contributed by atoms with Crippen molar-refractivity contribution in [3.05, 3.63) is 52.7 Å². The lowest BCUT2D eigenvalue weighted by atomic mass is 10.2. The SMILES string of the molecule is CCCCCCOC(=O)N(Cc1cccs1)c1ccccc1. The molecule has 0 aliphatic heterocycles. The predicted molar refractivity (Wildman–Crippen MR) is 92.4 cm³/mol. The Hall–Kier alpha value is -1.81. The van der Waals surface area contributed by atoms with Crippen molar-refractivity contribution in [3.8, 4) is 0 Å². The zero-order valence-electron chi connectivity index (χ0n) is 13.0. The molecule has 4 heteroatoms. The van der Waals surface area contributed by atoms with Crippen molar-refractivity contribution in [1.82, 2.24) is 0 Å². The van der Waals surface area contributed by atoms with Gasteiger partial charge in [-0.15, -0.1) is 11.3 Å². The van der Waals surface area contributed by atoms with Gasteiger partial charge in [0.05, 0.1) is 13.2 Å². The average Bonchev–Trinajstić information content (AvgIpc) is 3.06. The van der Waals surface area contributed by atoms with Gasteiger partial charge in [-0.05, 0) is 30.0 Å². The fourth-order valence-corrected chi connectivity index (χ4v) is 2.89. The molecule has 0 radical (unpaired) electrons. The molecule has 0 aliphatic rings. The third kappa shape index (κ3) is 5.19. The van der Waals surface area contributed by atoms with Gasteiger partial charge >= 0.3 is 6.09 Å². The number of thiophene rings is 1. The molecule has 0 atom stereocenters. The number of para-hydroxylation sites is 1. The average molecular weight is 317 g/mol. The number of ether oxygens (including phenoxy) is 1. The lowest BCUT2D eigenvalue weighted by molar-refractivity contribution is 0.151. The molecule has 1 aromatic carbocycles. The molecule has 0 spiro atoms. The highest BCUT2D eigenvalue weighted by molar-refractivity contribution is 7.09. The lowest BCUT2D eigenvalue weighted by Crippen LogP contribution is -2.31. The Bertz CT molecular complexity index is 539. The minimum atomic E-state index is -0.268. The molecule has 1 heterocycles. The van der Waals surface area contributed by atoms with Crippen LogP contribution in [0.5, 0.6) is 0 Å². The van der Waals surface area contributed by atoms with Gasteiger partial charge in [0.1, 0.15) is 0 Å². The molecule has 0 saturated heterocycles. The lowest BCUT2D eigenvalue weighted by Gasteiger charge is -2.21. The molecule has 0 N–H and O–H groups in total. The molecule has 0 bridgehead atoms. The maximum Gasteiger partial charge on any atom is 0.414 e. The second-order valence-corrected chi connectivity index (χ2v) is 6.21. The van der Waals surface area contributed by atoms with Gasteiger partial charge in [0.2, 0.25) is 0 Å². The van der Waals surface area contributed by atoms with Gasteiger partial charge in [0.25, 0.3) is 0 Å². The van der Waals surface area contributed by atoms with Crippen LogP contribution in [-0.4, -0.2) is 12.7 Å². The van der Waals surface area contributed by atoms with Crippen molar-refractivity contribution in [1.29, 1.82) is 0 Å². The van der Waals surface area contributed by atoms with E-state index in [4.69, 9.17) is 4.74 Å². The fourth-order valence-electron chi connectivity index (χ4n) is 2.19. The number of anilines is 1. The first-order chi connectivity index (χ1) is 10.8. The zero-order chi connectivity index (χ0) is 15.6. The van der Waals surface area contributed by atoms with Gasteiger partial charge in [-0.2, -0.15) is 0 Å². The first-order valence-electron chi connectivity index (χ1n) is 7.83. The van der Waals surface area contributed by atoms with Gasteiger partial charge in [-0.3, -0.25) is 4.90 Å². The third-order valence-electron chi connectivity index (χ3n) is 3.41. The Kier molecular flexibility index (Phi) is 6.97. The maximum absolute atomic E-state index is 12.4. The van der Waals surface area contributed by atoms with Crippen LogP contribution in [0, 0.1) is 0 Å². The van der Waals surface area contributed by atoms with Crippen LogP contribution in [0.1, 0.15) is 37.5 Å². The van der Waals surface area contributed by atoms with Gasteiger partial charge in [0, 0.05) is 10.6 Å². The summed E-state index contributed by atoms with van der Waals surface area (Å²) in [6.45, 7) is 3.21. The van der Waals surface area contributed by atoms with E-state index >= 15 is 0 Å². The summed E-state index contributed by atoms with van der Waals surface area (Å²) < 4.78 is 5.45. The standard InChI is InChI=1S/C18H23NO2S/c1-2-3-4-8-13-21-18(20)19(15-17-12-9-14-22-17)16-10-6-5-7-11-16/h5-7,9-12,14H,2-4,8,13,15H2,1H3. The van der Waals surface area contributed by atoms with Crippen LogP contribution in [0.15, 0.2) is 47.8 Å². The summed E-state index contributed by atoms with van der Waals surface area (Å²) in [5.41, 5.74) is 0.870. The van der Waals surface area contributed by atoms with Crippen molar-refractivity contribution < 1.29 is 9.53 Å². The van der Waals surface area contributed by atoms with Gasteiger partial charge < -0.3 is 4.74 Å². The highest BCUT2D eigenvalue weighted by Crippen LogP contribution is 2.20. The van der Waals surface area contributed by atoms with Crippen LogP contribution in [0.2, 0.25) is 0 Å². The molecule has 22 heavy (non-hydrogen) atoms. The summed E-state index contributed by atoms with van der Waals surface area (Å²) in [7, 11) is 0. The number of amides is 1. The van der Waals surface area contributed by atoms with E-state index in [1.807, 2.05) is 47.8 Å². The van der Waals surface area contributed by atoms with Crippen LogP contribution in [0.25, 0.3) is 0 Å². The first-order valence-corrected chi connectivity index (χ1v) is 8.71. The highest BCUT2D eigenvalue weighted by Gasteiger charge is 2.17. The monoisotopic (exact) mass is 317 g/mol. The molecule has 2 rings (SSSR count). The number of carbonyl (C=O) groups excluding carboxylic acids is 1. The second kappa shape index (κ2) is 9.26. The van der Waals surface area contributed by atoms with E-state index in [0.29, 0.717) is 13.2 Å². The van der Waals surface area contributed by atoms with Crippen LogP contribution in [0.4, 0.5) is 10.5 Å². The number of hydrogen-bond acceptors (Lipinski definition) is 3. The van der Waals surface area contributed by atoms with E-state index in [0.717, 1.165) is 23.4 Å². The molecule has 1 amide bonds. The normalized spacial score (nSPS) is 10.4. The number of rotatable bonds is 8. The van der Waals surface area contributed by atoms with E-state index < -0.39 is 0 Å². The fraction of sp³-hybridized carbons (Fsp3) is 0.389. The topological polar surface area (TPSA) is 29.5 Å². The smallest absolute Gasteiger partial charge is 0.414 e. The summed E-state index contributed by atoms with van der Waals surface area (Å²) in [6, 6.07) is 13.7. The maximum atomic E-state index is 12.4. The largest absolute Gasteiger partial charge is 0.449 e. The Morgan fingerprint density at radius 2 is 1.91 bits per heavy atom. The molecular formula is C18H23NO2S. The predicted octanol–water partition coefficient (Wildman–Crippen LogP) is 5.47. The minimum Gasteiger partial charge on any atom is -0.449 e. The number of hydrogen-bond donors (Lipinski definition) is 0. The van der Waals surface area contributed by atoms with Gasteiger partial charge in [-0.1, -0.05) is 50.5 Å². The molecule has 1 aromatic heterocycles. The van der Waals surface area contributed by atoms with E-state index in [2.05, 4.69) is 6.92 Å². The number of nitrogens with zero attached hydrogens (tertiary/aromatic N) is 1. The highest BCUT2D eigenvalue weighted by atomic mass is 32.1. The van der Waals surface area contributed by atoms with E-state index in [9.17, 15) is 4.79 Å². The second-order valence-electron chi connectivity index (χ2n) is 5.18. The van der Waals surface area contributed by atoms with Crippen LogP contribution in [0.3, 0.4) is 0 Å². The van der Waals surface area contributed by atoms with E-state index in [1.54, 1.807) is 16.2 Å². The number of unbranched alkanes of at least 4 members (excludes halogenated alkanes) is 3. The Morgan fingerprint density at radius 3 is 2.59 bits per heavy atom. The number of benzene rings is 1. The Balaban J connectivity index is 1.96. The van der Waals surface area contributed by atoms with Crippen molar-refractivity contribution in [2.45, 2.75) is 39.2 Å². The van der Waals surface area contributed by atoms with Crippen LogP contribution < -0.4 is 4.90 Å². The Morgan fingerprint density at radius 1 is 1.09 bits per heavy atom. The summed E-state index contributed by atoms with van der Waals surface area (Å²) in [4.78, 5) is 15.3. The third-order valence-corrected chi connectivity index (χ3v) is 4.27. The van der Waals surface area contributed by atoms with E-state index in [1.165, 1.54) is 12.8 Å². The first kappa shape index (κ1) is 16.6. The summed E-state index contributed by atoms with van der Waals surface area (Å²) in [5, 5.41) is 2.02. The van der Waals surface area contributed by atoms with Crippen molar-refractivity contribution in [2.75, 3.05) is 11.5 Å². The molecule has 2 aromatic rings. The quantitative estimate of drug-likeness (QED) is 0.604. The van der Waals surface area contributed by atoms with Crippen molar-refractivity contribution in [2.24, 2.45) is 0 Å². The van der Waals surface area contributed by atoms with Gasteiger partial charge in [0.15, 0.2) is 0 Å². The zero-order valence-corrected chi connectivity index (χ0v) is 13.8. The number of carbonyl (C=O) groups is 1. The molecule has 0 aliphatic carbocycles. The van der Waals surface area contributed by atoms with Gasteiger partial charge in [-0.25, -0.2) is 4.79 Å². The molecular weight excluding hydrogens is 294 g/mol. The molecule has 0 fully saturated rings. The Labute approximate surface area is 136 Å². The summed E-state index contributed by atoms with van der Waals surface area (Å²) in [6.07, 6.45) is 4.15. The summed E-state index contributed by atoms with van der Waals surface area (Å²) in [5.74, 6) is 0. The molecule has 3 nitrogen and oxygen atoms in total. The van der Waals surface area contributed by atoms with Crippen LogP contribution in [-0.2, 0) is 11.3 Å². The molecule has 0 saturated carbocycles. The summed E-state index contributed by atoms with van der Waals surface area (Å²) >= 11 is 1.65. The van der Waals surface area contributed by atoms with E-state index in [-0.39, 0.29) is 6.09 Å². The molecule has 0 unspecified atom stereocenters. The van der Waals surface area contributed by atoms with Crippen molar-refractivity contribution in [3.63, 3.8) is 0 Å².